The summed E-state index contributed by atoms with van der Waals surface area (Å²) in [5.41, 5.74) is 0.963. The van der Waals surface area contributed by atoms with Crippen LogP contribution in [0.3, 0.4) is 0 Å². The number of anilines is 2. The highest BCUT2D eigenvalue weighted by Gasteiger charge is 2.34. The molecule has 1 unspecified atom stereocenters. The van der Waals surface area contributed by atoms with Crippen LogP contribution in [-0.4, -0.2) is 15.0 Å². The first kappa shape index (κ1) is 15.4. The quantitative estimate of drug-likeness (QED) is 0.580. The lowest BCUT2D eigenvalue weighted by Gasteiger charge is -2.17. The first-order valence-corrected chi connectivity index (χ1v) is 6.90. The maximum Gasteiger partial charge on any atom is 0.433 e. The van der Waals surface area contributed by atoms with E-state index in [2.05, 4.69) is 20.3 Å². The van der Waals surface area contributed by atoms with E-state index in [-0.39, 0.29) is 17.8 Å². The van der Waals surface area contributed by atoms with Crippen molar-refractivity contribution in [2.75, 3.05) is 10.7 Å². The van der Waals surface area contributed by atoms with Crippen LogP contribution in [0.15, 0.2) is 17.6 Å². The highest BCUT2D eigenvalue weighted by molar-refractivity contribution is 7.09. The number of aromatic nitrogens is 3. The summed E-state index contributed by atoms with van der Waals surface area (Å²) in [7, 11) is 0. The Morgan fingerprint density at radius 3 is 2.67 bits per heavy atom. The molecule has 1 atom stereocenters. The molecule has 0 aliphatic rings. The minimum absolute atomic E-state index is 0.0346. The molecule has 0 aliphatic carbocycles. The molecule has 114 valence electrons. The summed E-state index contributed by atoms with van der Waals surface area (Å²) in [5, 5.41) is 5.49. The zero-order valence-electron chi connectivity index (χ0n) is 11.0. The number of rotatable bonds is 5. The predicted molar refractivity (Wildman–Crippen MR) is 73.6 cm³/mol. The lowest BCUT2D eigenvalue weighted by atomic mass is 10.2. The van der Waals surface area contributed by atoms with Gasteiger partial charge in [0, 0.05) is 17.6 Å². The van der Waals surface area contributed by atoms with Crippen LogP contribution < -0.4 is 16.6 Å². The number of nitrogens with two attached hydrogens (primary N) is 1. The second kappa shape index (κ2) is 6.22. The molecule has 0 radical (unpaired) electrons. The Kier molecular flexibility index (Phi) is 4.58. The maximum atomic E-state index is 12.8. The van der Waals surface area contributed by atoms with Gasteiger partial charge in [-0.15, -0.1) is 11.3 Å². The number of hydrogen-bond acceptors (Lipinski definition) is 7. The Morgan fingerprint density at radius 2 is 2.14 bits per heavy atom. The van der Waals surface area contributed by atoms with E-state index in [9.17, 15) is 13.2 Å². The van der Waals surface area contributed by atoms with E-state index in [0.29, 0.717) is 6.42 Å². The monoisotopic (exact) mass is 318 g/mol. The van der Waals surface area contributed by atoms with Crippen LogP contribution >= 0.6 is 11.3 Å². The third kappa shape index (κ3) is 3.79. The summed E-state index contributed by atoms with van der Waals surface area (Å²) < 4.78 is 38.3. The zero-order valence-corrected chi connectivity index (χ0v) is 11.8. The van der Waals surface area contributed by atoms with Gasteiger partial charge < -0.3 is 5.32 Å². The molecule has 10 heteroatoms. The van der Waals surface area contributed by atoms with Gasteiger partial charge in [-0.25, -0.2) is 15.8 Å². The number of thiazole rings is 1. The average Bonchev–Trinajstić information content (AvgIpc) is 2.97. The van der Waals surface area contributed by atoms with Gasteiger partial charge >= 0.3 is 6.18 Å². The van der Waals surface area contributed by atoms with Crippen molar-refractivity contribution in [2.24, 2.45) is 5.84 Å². The van der Waals surface area contributed by atoms with Gasteiger partial charge in [0.2, 0.25) is 5.95 Å². The first-order chi connectivity index (χ1) is 9.94. The van der Waals surface area contributed by atoms with Gasteiger partial charge in [-0.3, -0.25) is 5.43 Å². The fraction of sp³-hybridized carbons (Fsp3) is 0.364. The standard InChI is InChI=1S/C11H13F3N6S/c1-2-6(9-16-3-4-21-9)17-8-5-7(11(12,13)14)18-10(19-8)20-15/h3-6H,2,15H2,1H3,(H2,17,18,19,20). The summed E-state index contributed by atoms with van der Waals surface area (Å²) in [5.74, 6) is 4.84. The van der Waals surface area contributed by atoms with Gasteiger partial charge in [-0.05, 0) is 6.42 Å². The van der Waals surface area contributed by atoms with Crippen LogP contribution in [0.1, 0.15) is 30.1 Å². The molecular formula is C11H13F3N6S. The summed E-state index contributed by atoms with van der Waals surface area (Å²) in [4.78, 5) is 11.3. The minimum Gasteiger partial charge on any atom is -0.361 e. The smallest absolute Gasteiger partial charge is 0.361 e. The second-order valence-corrected chi connectivity index (χ2v) is 5.01. The third-order valence-corrected chi connectivity index (χ3v) is 3.51. The number of hydrogen-bond donors (Lipinski definition) is 3. The summed E-state index contributed by atoms with van der Waals surface area (Å²) in [6.45, 7) is 1.90. The Morgan fingerprint density at radius 1 is 1.38 bits per heavy atom. The van der Waals surface area contributed by atoms with Crippen LogP contribution in [0.5, 0.6) is 0 Å². The fourth-order valence-electron chi connectivity index (χ4n) is 1.65. The molecule has 6 nitrogen and oxygen atoms in total. The summed E-state index contributed by atoms with van der Waals surface area (Å²) in [6, 6.07) is 0.614. The number of nitrogens with one attached hydrogen (secondary N) is 2. The first-order valence-electron chi connectivity index (χ1n) is 6.03. The molecule has 4 N–H and O–H groups in total. The highest BCUT2D eigenvalue weighted by Crippen LogP contribution is 2.31. The van der Waals surface area contributed by atoms with Crippen LogP contribution in [0.25, 0.3) is 0 Å². The normalized spacial score (nSPS) is 13.0. The largest absolute Gasteiger partial charge is 0.433 e. The molecule has 2 rings (SSSR count). The van der Waals surface area contributed by atoms with Gasteiger partial charge in [0.15, 0.2) is 5.69 Å². The Hall–Kier alpha value is -1.94. The van der Waals surface area contributed by atoms with Crippen molar-refractivity contribution in [3.05, 3.63) is 28.3 Å². The number of hydrazine groups is 1. The molecule has 0 fully saturated rings. The van der Waals surface area contributed by atoms with Crippen molar-refractivity contribution in [3.63, 3.8) is 0 Å². The van der Waals surface area contributed by atoms with Gasteiger partial charge in [-0.1, -0.05) is 6.92 Å². The Labute approximate surface area is 122 Å². The SMILES string of the molecule is CCC(Nc1cc(C(F)(F)F)nc(NN)n1)c1nccs1. The van der Waals surface area contributed by atoms with E-state index < -0.39 is 11.9 Å². The van der Waals surface area contributed by atoms with Crippen LogP contribution in [-0.2, 0) is 6.18 Å². The molecule has 0 aromatic carbocycles. The van der Waals surface area contributed by atoms with Crippen LogP contribution in [0, 0.1) is 0 Å². The van der Waals surface area contributed by atoms with E-state index in [1.807, 2.05) is 12.3 Å². The molecule has 2 aromatic rings. The molecule has 2 heterocycles. The van der Waals surface area contributed by atoms with E-state index >= 15 is 0 Å². The Bertz CT molecular complexity index is 586. The molecule has 0 amide bonds. The topological polar surface area (TPSA) is 88.8 Å². The van der Waals surface area contributed by atoms with Crippen molar-refractivity contribution < 1.29 is 13.2 Å². The number of nitrogens with zero attached hydrogens (tertiary/aromatic N) is 3. The average molecular weight is 318 g/mol. The van der Waals surface area contributed by atoms with Crippen molar-refractivity contribution in [3.8, 4) is 0 Å². The molecular weight excluding hydrogens is 305 g/mol. The van der Waals surface area contributed by atoms with Crippen LogP contribution in [0.2, 0.25) is 0 Å². The highest BCUT2D eigenvalue weighted by atomic mass is 32.1. The number of nitrogen functional groups attached to an aromatic ring is 1. The van der Waals surface area contributed by atoms with Gasteiger partial charge in [0.05, 0.1) is 6.04 Å². The Balaban J connectivity index is 2.30. The molecule has 0 saturated carbocycles. The van der Waals surface area contributed by atoms with E-state index in [4.69, 9.17) is 5.84 Å². The lowest BCUT2D eigenvalue weighted by molar-refractivity contribution is -0.141. The van der Waals surface area contributed by atoms with E-state index in [1.165, 1.54) is 11.3 Å². The molecule has 0 spiro atoms. The van der Waals surface area contributed by atoms with Gasteiger partial charge in [0.1, 0.15) is 10.8 Å². The molecule has 2 aromatic heterocycles. The summed E-state index contributed by atoms with van der Waals surface area (Å²) >= 11 is 1.41. The summed E-state index contributed by atoms with van der Waals surface area (Å²) in [6.07, 6.45) is -2.30. The van der Waals surface area contributed by atoms with Crippen LogP contribution in [0.4, 0.5) is 24.9 Å². The number of alkyl halides is 3. The van der Waals surface area contributed by atoms with E-state index in [1.54, 1.807) is 11.6 Å². The van der Waals surface area contributed by atoms with Gasteiger partial charge in [0.25, 0.3) is 0 Å². The second-order valence-electron chi connectivity index (χ2n) is 4.08. The maximum absolute atomic E-state index is 12.8. The zero-order chi connectivity index (χ0) is 15.5. The van der Waals surface area contributed by atoms with Gasteiger partial charge in [-0.2, -0.15) is 18.2 Å². The van der Waals surface area contributed by atoms with Crippen molar-refractivity contribution in [2.45, 2.75) is 25.6 Å². The third-order valence-electron chi connectivity index (χ3n) is 2.63. The lowest BCUT2D eigenvalue weighted by Crippen LogP contribution is -2.18. The predicted octanol–water partition coefficient (Wildman–Crippen LogP) is 2.80. The minimum atomic E-state index is -4.58. The molecule has 0 bridgehead atoms. The van der Waals surface area contributed by atoms with E-state index in [0.717, 1.165) is 11.1 Å². The number of halogens is 3. The van der Waals surface area contributed by atoms with Crippen molar-refractivity contribution >= 4 is 23.1 Å². The van der Waals surface area contributed by atoms with Crippen molar-refractivity contribution in [1.82, 2.24) is 15.0 Å². The fourth-order valence-corrected chi connectivity index (χ4v) is 2.43. The molecule has 0 saturated heterocycles. The van der Waals surface area contributed by atoms with Crippen molar-refractivity contribution in [1.29, 1.82) is 0 Å². The molecule has 0 aliphatic heterocycles. The molecule has 21 heavy (non-hydrogen) atoms.